The molecule has 0 unspecified atom stereocenters. The summed E-state index contributed by atoms with van der Waals surface area (Å²) in [5.74, 6) is 1.87. The van der Waals surface area contributed by atoms with Crippen LogP contribution in [0.4, 0.5) is 0 Å². The molecule has 2 heterocycles. The topological polar surface area (TPSA) is 75.0 Å². The third kappa shape index (κ3) is 3.47. The Kier molecular flexibility index (Phi) is 5.25. The van der Waals surface area contributed by atoms with Crippen molar-refractivity contribution in [1.82, 2.24) is 14.6 Å². The van der Waals surface area contributed by atoms with E-state index in [1.165, 1.54) is 23.0 Å². The number of nitrogens with zero attached hydrogens (tertiary/aromatic N) is 3. The molecule has 2 aromatic carbocycles. The molecule has 29 heavy (non-hydrogen) atoms. The van der Waals surface area contributed by atoms with E-state index in [1.54, 1.807) is 26.4 Å². The fourth-order valence-corrected chi connectivity index (χ4v) is 4.20. The second kappa shape index (κ2) is 7.84. The number of fused-ring (bicyclic) bond motifs is 1. The zero-order valence-corrected chi connectivity index (χ0v) is 18.2. The van der Waals surface area contributed by atoms with Crippen LogP contribution < -0.4 is 24.3 Å². The van der Waals surface area contributed by atoms with Gasteiger partial charge < -0.3 is 14.2 Å². The lowest BCUT2D eigenvalue weighted by Crippen LogP contribution is -2.23. The van der Waals surface area contributed by atoms with Gasteiger partial charge in [-0.1, -0.05) is 45.5 Å². The Morgan fingerprint density at radius 2 is 1.76 bits per heavy atom. The fraction of sp³-hybridized carbons (Fsp3) is 0.150. The van der Waals surface area contributed by atoms with Gasteiger partial charge in [-0.2, -0.15) is 9.50 Å². The average molecular weight is 474 g/mol. The second-order valence-corrected chi connectivity index (χ2v) is 7.84. The Hall–Kier alpha value is -2.91. The number of aromatic nitrogens is 3. The number of hydrogen-bond acceptors (Lipinski definition) is 7. The van der Waals surface area contributed by atoms with Crippen LogP contribution in [0, 0.1) is 0 Å². The molecule has 148 valence electrons. The van der Waals surface area contributed by atoms with Gasteiger partial charge >= 0.3 is 0 Å². The van der Waals surface area contributed by atoms with Crippen LogP contribution in [0.3, 0.4) is 0 Å². The molecule has 0 aliphatic rings. The predicted molar refractivity (Wildman–Crippen MR) is 115 cm³/mol. The maximum atomic E-state index is 12.8. The zero-order chi connectivity index (χ0) is 20.5. The first-order valence-corrected chi connectivity index (χ1v) is 10.1. The molecule has 0 N–H and O–H groups in total. The maximum absolute atomic E-state index is 12.8. The van der Waals surface area contributed by atoms with Gasteiger partial charge in [0.1, 0.15) is 0 Å². The first-order chi connectivity index (χ1) is 14.0. The van der Waals surface area contributed by atoms with Crippen molar-refractivity contribution >= 4 is 38.3 Å². The zero-order valence-electron chi connectivity index (χ0n) is 15.8. The summed E-state index contributed by atoms with van der Waals surface area (Å²) in [4.78, 5) is 17.8. The number of ether oxygens (including phenoxy) is 3. The Labute approximate surface area is 178 Å². The highest BCUT2D eigenvalue weighted by Gasteiger charge is 2.18. The van der Waals surface area contributed by atoms with E-state index < -0.39 is 0 Å². The van der Waals surface area contributed by atoms with Crippen LogP contribution in [-0.4, -0.2) is 35.9 Å². The lowest BCUT2D eigenvalue weighted by Gasteiger charge is -2.12. The van der Waals surface area contributed by atoms with Gasteiger partial charge in [0.15, 0.2) is 17.3 Å². The van der Waals surface area contributed by atoms with Gasteiger partial charge in [-0.15, -0.1) is 5.10 Å². The summed E-state index contributed by atoms with van der Waals surface area (Å²) in [5.41, 5.74) is 1.36. The van der Waals surface area contributed by atoms with E-state index in [-0.39, 0.29) is 5.56 Å². The Balaban J connectivity index is 1.83. The van der Waals surface area contributed by atoms with Crippen LogP contribution in [0.2, 0.25) is 0 Å². The fourth-order valence-electron chi connectivity index (χ4n) is 2.90. The molecule has 0 atom stereocenters. The molecule has 0 saturated heterocycles. The van der Waals surface area contributed by atoms with Crippen LogP contribution >= 0.6 is 27.3 Å². The van der Waals surface area contributed by atoms with Crippen LogP contribution in [0.15, 0.2) is 45.7 Å². The van der Waals surface area contributed by atoms with Crippen LogP contribution in [0.5, 0.6) is 17.2 Å². The quantitative estimate of drug-likeness (QED) is 0.443. The smallest absolute Gasteiger partial charge is 0.291 e. The molecule has 7 nitrogen and oxygen atoms in total. The summed E-state index contributed by atoms with van der Waals surface area (Å²) < 4.78 is 18.9. The van der Waals surface area contributed by atoms with E-state index in [1.807, 2.05) is 30.3 Å². The monoisotopic (exact) mass is 473 g/mol. The Bertz CT molecular complexity index is 1290. The molecule has 4 aromatic rings. The van der Waals surface area contributed by atoms with Crippen molar-refractivity contribution in [3.8, 4) is 28.6 Å². The predicted octanol–water partition coefficient (Wildman–Crippen LogP) is 3.15. The van der Waals surface area contributed by atoms with E-state index in [0.29, 0.717) is 38.1 Å². The standard InChI is InChI=1S/C20H16BrN3O4S/c1-26-14-8-12(9-15(27-2)17(14)28-3)18-22-20-24(23-18)19(25)16(29-20)10-11-6-4-5-7-13(11)21/h4-10H,1-3H3/b16-10+. The van der Waals surface area contributed by atoms with E-state index in [0.717, 1.165) is 10.0 Å². The van der Waals surface area contributed by atoms with Crippen molar-refractivity contribution in [3.05, 3.63) is 61.3 Å². The molecule has 0 spiro atoms. The molecular formula is C20H16BrN3O4S. The van der Waals surface area contributed by atoms with Crippen molar-refractivity contribution in [2.24, 2.45) is 0 Å². The first kappa shape index (κ1) is 19.4. The summed E-state index contributed by atoms with van der Waals surface area (Å²) in [5, 5.41) is 4.39. The lowest BCUT2D eigenvalue weighted by atomic mass is 10.1. The maximum Gasteiger partial charge on any atom is 0.291 e. The molecule has 0 fully saturated rings. The van der Waals surface area contributed by atoms with Crippen molar-refractivity contribution in [1.29, 1.82) is 0 Å². The van der Waals surface area contributed by atoms with E-state index >= 15 is 0 Å². The van der Waals surface area contributed by atoms with Gasteiger partial charge in [0.05, 0.1) is 25.9 Å². The molecule has 2 aromatic heterocycles. The molecule has 4 rings (SSSR count). The van der Waals surface area contributed by atoms with Crippen LogP contribution in [-0.2, 0) is 0 Å². The normalized spacial score (nSPS) is 11.8. The number of methoxy groups -OCH3 is 3. The Morgan fingerprint density at radius 3 is 2.34 bits per heavy atom. The van der Waals surface area contributed by atoms with Gasteiger partial charge in [0.2, 0.25) is 10.7 Å². The second-order valence-electron chi connectivity index (χ2n) is 5.98. The SMILES string of the molecule is COc1cc(-c2nc3s/c(=C/c4ccccc4Br)c(=O)n3n2)cc(OC)c1OC. The van der Waals surface area contributed by atoms with Crippen molar-refractivity contribution < 1.29 is 14.2 Å². The number of rotatable bonds is 5. The molecule has 0 aliphatic heterocycles. The van der Waals surface area contributed by atoms with E-state index in [9.17, 15) is 4.79 Å². The summed E-state index contributed by atoms with van der Waals surface area (Å²) in [6.45, 7) is 0. The minimum Gasteiger partial charge on any atom is -0.493 e. The molecule has 0 amide bonds. The summed E-state index contributed by atoms with van der Waals surface area (Å²) in [7, 11) is 4.62. The summed E-state index contributed by atoms with van der Waals surface area (Å²) in [6.07, 6.45) is 1.83. The largest absolute Gasteiger partial charge is 0.493 e. The van der Waals surface area contributed by atoms with Gasteiger partial charge in [-0.25, -0.2) is 0 Å². The highest BCUT2D eigenvalue weighted by Crippen LogP contribution is 2.40. The number of benzene rings is 2. The number of halogens is 1. The third-order valence-corrected chi connectivity index (χ3v) is 5.98. The summed E-state index contributed by atoms with van der Waals surface area (Å²) in [6, 6.07) is 11.2. The minimum atomic E-state index is -0.216. The molecule has 0 saturated carbocycles. The number of hydrogen-bond donors (Lipinski definition) is 0. The van der Waals surface area contributed by atoms with Crippen molar-refractivity contribution in [2.45, 2.75) is 0 Å². The van der Waals surface area contributed by atoms with E-state index in [4.69, 9.17) is 14.2 Å². The minimum absolute atomic E-state index is 0.216. The van der Waals surface area contributed by atoms with Crippen LogP contribution in [0.1, 0.15) is 5.56 Å². The van der Waals surface area contributed by atoms with Gasteiger partial charge in [0.25, 0.3) is 5.56 Å². The average Bonchev–Trinajstić information content (AvgIpc) is 3.28. The molecule has 0 aliphatic carbocycles. The van der Waals surface area contributed by atoms with Gasteiger partial charge in [-0.05, 0) is 29.8 Å². The summed E-state index contributed by atoms with van der Waals surface area (Å²) >= 11 is 4.78. The van der Waals surface area contributed by atoms with Gasteiger partial charge in [0, 0.05) is 10.0 Å². The highest BCUT2D eigenvalue weighted by atomic mass is 79.9. The molecular weight excluding hydrogens is 458 g/mol. The third-order valence-electron chi connectivity index (χ3n) is 4.30. The van der Waals surface area contributed by atoms with Crippen LogP contribution in [0.25, 0.3) is 22.4 Å². The molecule has 0 radical (unpaired) electrons. The lowest BCUT2D eigenvalue weighted by molar-refractivity contribution is 0.324. The molecule has 0 bridgehead atoms. The highest BCUT2D eigenvalue weighted by molar-refractivity contribution is 9.10. The Morgan fingerprint density at radius 1 is 1.07 bits per heavy atom. The van der Waals surface area contributed by atoms with Crippen molar-refractivity contribution in [2.75, 3.05) is 21.3 Å². The first-order valence-electron chi connectivity index (χ1n) is 8.52. The van der Waals surface area contributed by atoms with E-state index in [2.05, 4.69) is 26.0 Å². The van der Waals surface area contributed by atoms with Crippen molar-refractivity contribution in [3.63, 3.8) is 0 Å². The van der Waals surface area contributed by atoms with Gasteiger partial charge in [-0.3, -0.25) is 4.79 Å². The number of thiazole rings is 1. The molecule has 9 heteroatoms.